The van der Waals surface area contributed by atoms with Crippen LogP contribution >= 0.6 is 0 Å². The molecule has 2 aromatic heterocycles. The molecule has 0 aliphatic carbocycles. The molecule has 0 saturated carbocycles. The second-order valence-corrected chi connectivity index (χ2v) is 3.71. The third kappa shape index (κ3) is 1.36. The lowest BCUT2D eigenvalue weighted by Crippen LogP contribution is -2.44. The number of rotatable bonds is 1. The monoisotopic (exact) mass is 220 g/mol. The fourth-order valence-electron chi connectivity index (χ4n) is 1.93. The molecule has 7 nitrogen and oxygen atoms in total. The van der Waals surface area contributed by atoms with Gasteiger partial charge in [0.15, 0.2) is 5.82 Å². The molecule has 0 bridgehead atoms. The van der Waals surface area contributed by atoms with Gasteiger partial charge >= 0.3 is 5.69 Å². The molecular weight excluding hydrogens is 208 g/mol. The van der Waals surface area contributed by atoms with Crippen LogP contribution in [0.1, 0.15) is 0 Å². The zero-order chi connectivity index (χ0) is 11.0. The van der Waals surface area contributed by atoms with E-state index in [1.807, 2.05) is 0 Å². The number of nitrogens with one attached hydrogen (secondary N) is 2. The molecule has 0 unspecified atom stereocenters. The van der Waals surface area contributed by atoms with Crippen molar-refractivity contribution in [2.24, 2.45) is 0 Å². The third-order valence-electron chi connectivity index (χ3n) is 2.73. The van der Waals surface area contributed by atoms with Crippen molar-refractivity contribution in [2.45, 2.75) is 0 Å². The van der Waals surface area contributed by atoms with Crippen molar-refractivity contribution in [3.05, 3.63) is 22.9 Å². The number of aromatic amines is 1. The van der Waals surface area contributed by atoms with E-state index in [4.69, 9.17) is 0 Å². The summed E-state index contributed by atoms with van der Waals surface area (Å²) in [5.74, 6) is 0.766. The average molecular weight is 220 g/mol. The first-order valence-corrected chi connectivity index (χ1v) is 5.24. The number of aromatic nitrogens is 4. The van der Waals surface area contributed by atoms with Gasteiger partial charge in [-0.2, -0.15) is 0 Å². The van der Waals surface area contributed by atoms with E-state index in [9.17, 15) is 4.79 Å². The summed E-state index contributed by atoms with van der Waals surface area (Å²) in [5, 5.41) is 9.70. The molecule has 0 spiro atoms. The zero-order valence-corrected chi connectivity index (χ0v) is 8.68. The Morgan fingerprint density at radius 3 is 2.94 bits per heavy atom. The van der Waals surface area contributed by atoms with Gasteiger partial charge in [-0.05, 0) is 0 Å². The zero-order valence-electron chi connectivity index (χ0n) is 8.68. The van der Waals surface area contributed by atoms with Crippen molar-refractivity contribution >= 4 is 11.5 Å². The first-order valence-electron chi connectivity index (χ1n) is 5.24. The van der Waals surface area contributed by atoms with E-state index >= 15 is 0 Å². The Hall–Kier alpha value is -1.89. The van der Waals surface area contributed by atoms with Crippen LogP contribution in [-0.2, 0) is 0 Å². The number of hydrogen-bond acceptors (Lipinski definition) is 5. The molecular formula is C9H12N6O. The predicted molar refractivity (Wildman–Crippen MR) is 58.7 cm³/mol. The first kappa shape index (κ1) is 9.34. The molecule has 1 saturated heterocycles. The van der Waals surface area contributed by atoms with Crippen LogP contribution in [0.25, 0.3) is 5.65 Å². The fraction of sp³-hybridized carbons (Fsp3) is 0.444. The molecule has 84 valence electrons. The predicted octanol–water partition coefficient (Wildman–Crippen LogP) is -1.17. The smallest absolute Gasteiger partial charge is 0.347 e. The van der Waals surface area contributed by atoms with Gasteiger partial charge in [0.05, 0.1) is 0 Å². The number of nitrogens with zero attached hydrogens (tertiary/aromatic N) is 4. The van der Waals surface area contributed by atoms with E-state index in [1.54, 1.807) is 12.4 Å². The highest BCUT2D eigenvalue weighted by molar-refractivity contribution is 5.63. The topological polar surface area (TPSA) is 78.3 Å². The third-order valence-corrected chi connectivity index (χ3v) is 2.73. The highest BCUT2D eigenvalue weighted by atomic mass is 16.1. The van der Waals surface area contributed by atoms with Gasteiger partial charge in [-0.3, -0.25) is 0 Å². The van der Waals surface area contributed by atoms with Gasteiger partial charge in [0.25, 0.3) is 0 Å². The van der Waals surface area contributed by atoms with Gasteiger partial charge in [-0.1, -0.05) is 0 Å². The lowest BCUT2D eigenvalue weighted by molar-refractivity contribution is 0.585. The van der Waals surface area contributed by atoms with Gasteiger partial charge in [-0.15, -0.1) is 5.10 Å². The van der Waals surface area contributed by atoms with Gasteiger partial charge in [0.1, 0.15) is 0 Å². The molecule has 1 aliphatic rings. The average Bonchev–Trinajstić information content (AvgIpc) is 2.73. The Balaban J connectivity index is 2.11. The normalized spacial score (nSPS) is 16.9. The molecule has 0 atom stereocenters. The van der Waals surface area contributed by atoms with Crippen molar-refractivity contribution in [3.8, 4) is 0 Å². The molecule has 7 heteroatoms. The summed E-state index contributed by atoms with van der Waals surface area (Å²) in [4.78, 5) is 17.8. The largest absolute Gasteiger partial charge is 0.351 e. The number of anilines is 1. The van der Waals surface area contributed by atoms with Crippen LogP contribution in [0.4, 0.5) is 5.82 Å². The van der Waals surface area contributed by atoms with E-state index < -0.39 is 0 Å². The van der Waals surface area contributed by atoms with E-state index in [2.05, 4.69) is 25.4 Å². The van der Waals surface area contributed by atoms with Crippen LogP contribution < -0.4 is 15.9 Å². The Labute approximate surface area is 91.1 Å². The van der Waals surface area contributed by atoms with E-state index in [0.717, 1.165) is 32.0 Å². The Kier molecular flexibility index (Phi) is 2.10. The molecule has 1 fully saturated rings. The van der Waals surface area contributed by atoms with Gasteiger partial charge in [0, 0.05) is 38.6 Å². The number of piperazine rings is 1. The van der Waals surface area contributed by atoms with E-state index in [1.165, 1.54) is 4.40 Å². The van der Waals surface area contributed by atoms with Crippen LogP contribution in [0.5, 0.6) is 0 Å². The second-order valence-electron chi connectivity index (χ2n) is 3.71. The minimum Gasteiger partial charge on any atom is -0.351 e. The Bertz CT molecular complexity index is 552. The van der Waals surface area contributed by atoms with Gasteiger partial charge in [-0.25, -0.2) is 19.3 Å². The maximum Gasteiger partial charge on any atom is 0.347 e. The molecule has 16 heavy (non-hydrogen) atoms. The molecule has 2 N–H and O–H groups in total. The highest BCUT2D eigenvalue weighted by Gasteiger charge is 2.16. The standard InChI is InChI=1S/C9H12N6O/c16-9-13-12-8-7(11-3-6-15(8)9)14-4-1-10-2-5-14/h3,6,10H,1-2,4-5H2,(H,13,16). The number of fused-ring (bicyclic) bond motifs is 1. The van der Waals surface area contributed by atoms with Gasteiger partial charge in [0.2, 0.25) is 5.65 Å². The summed E-state index contributed by atoms with van der Waals surface area (Å²) in [6.45, 7) is 3.62. The molecule has 0 radical (unpaired) electrons. The van der Waals surface area contributed by atoms with Crippen molar-refractivity contribution in [1.29, 1.82) is 0 Å². The van der Waals surface area contributed by atoms with Crippen molar-refractivity contribution in [2.75, 3.05) is 31.1 Å². The minimum atomic E-state index is -0.228. The Morgan fingerprint density at radius 2 is 2.12 bits per heavy atom. The first-order chi connectivity index (χ1) is 7.86. The summed E-state index contributed by atoms with van der Waals surface area (Å²) < 4.78 is 1.48. The molecule has 0 amide bonds. The maximum atomic E-state index is 11.4. The van der Waals surface area contributed by atoms with Crippen LogP contribution in [0, 0.1) is 0 Å². The van der Waals surface area contributed by atoms with Gasteiger partial charge < -0.3 is 10.2 Å². The van der Waals surface area contributed by atoms with E-state index in [0.29, 0.717) is 5.65 Å². The number of H-pyrrole nitrogens is 1. The van der Waals surface area contributed by atoms with Crippen molar-refractivity contribution in [1.82, 2.24) is 24.9 Å². The minimum absolute atomic E-state index is 0.228. The quantitative estimate of drug-likeness (QED) is 0.633. The van der Waals surface area contributed by atoms with Crippen LogP contribution in [0.3, 0.4) is 0 Å². The van der Waals surface area contributed by atoms with Crippen molar-refractivity contribution < 1.29 is 0 Å². The summed E-state index contributed by atoms with van der Waals surface area (Å²) in [6, 6.07) is 0. The summed E-state index contributed by atoms with van der Waals surface area (Å²) in [5.41, 5.74) is 0.364. The van der Waals surface area contributed by atoms with Crippen LogP contribution in [-0.4, -0.2) is 45.8 Å². The lowest BCUT2D eigenvalue weighted by atomic mass is 10.3. The molecule has 1 aliphatic heterocycles. The summed E-state index contributed by atoms with van der Waals surface area (Å²) >= 11 is 0. The van der Waals surface area contributed by atoms with Crippen LogP contribution in [0.2, 0.25) is 0 Å². The summed E-state index contributed by atoms with van der Waals surface area (Å²) in [7, 11) is 0. The molecule has 3 heterocycles. The fourth-order valence-corrected chi connectivity index (χ4v) is 1.93. The van der Waals surface area contributed by atoms with Crippen molar-refractivity contribution in [3.63, 3.8) is 0 Å². The SMILES string of the molecule is O=c1[nH]nc2c(N3CCNCC3)nccn12. The van der Waals surface area contributed by atoms with E-state index in [-0.39, 0.29) is 5.69 Å². The summed E-state index contributed by atoms with van der Waals surface area (Å²) in [6.07, 6.45) is 3.24. The molecule has 2 aromatic rings. The Morgan fingerprint density at radius 1 is 1.31 bits per heavy atom. The molecule has 0 aromatic carbocycles. The number of hydrogen-bond donors (Lipinski definition) is 2. The second kappa shape index (κ2) is 3.60. The highest BCUT2D eigenvalue weighted by Crippen LogP contribution is 2.14. The maximum absolute atomic E-state index is 11.4. The van der Waals surface area contributed by atoms with Crippen LogP contribution in [0.15, 0.2) is 17.2 Å². The molecule has 3 rings (SSSR count). The lowest BCUT2D eigenvalue weighted by Gasteiger charge is -2.28.